The van der Waals surface area contributed by atoms with Gasteiger partial charge in [-0.1, -0.05) is 59.3 Å². The van der Waals surface area contributed by atoms with Crippen molar-refractivity contribution < 1.29 is 4.79 Å². The molecule has 0 unspecified atom stereocenters. The van der Waals surface area contributed by atoms with E-state index >= 15 is 0 Å². The van der Waals surface area contributed by atoms with Crippen molar-refractivity contribution in [1.29, 1.82) is 0 Å². The first-order chi connectivity index (χ1) is 12.6. The standard InChI is InChI=1S/C19H19ClN4OS/c1-3-24-18(21-17(25)14-10-8-13(2)9-11-14)22-23-19(24)26-12-15-6-4-5-7-16(15)20/h4-11H,3,12H2,1-2H3,(H,21,22,25). The molecule has 3 aromatic rings. The number of halogens is 1. The number of hydrogen-bond donors (Lipinski definition) is 1. The lowest BCUT2D eigenvalue weighted by atomic mass is 10.1. The normalized spacial score (nSPS) is 10.7. The van der Waals surface area contributed by atoms with Gasteiger partial charge in [0, 0.05) is 22.9 Å². The fourth-order valence-corrected chi connectivity index (χ4v) is 3.70. The molecule has 0 fully saturated rings. The number of benzene rings is 2. The molecular weight excluding hydrogens is 368 g/mol. The summed E-state index contributed by atoms with van der Waals surface area (Å²) in [7, 11) is 0. The average molecular weight is 387 g/mol. The number of amides is 1. The Bertz CT molecular complexity index is 908. The quantitative estimate of drug-likeness (QED) is 0.618. The van der Waals surface area contributed by atoms with Crippen LogP contribution in [0.1, 0.15) is 28.4 Å². The Morgan fingerprint density at radius 2 is 1.88 bits per heavy atom. The number of anilines is 1. The lowest BCUT2D eigenvalue weighted by Crippen LogP contribution is -2.16. The van der Waals surface area contributed by atoms with Gasteiger partial charge in [0.1, 0.15) is 0 Å². The maximum Gasteiger partial charge on any atom is 0.258 e. The molecule has 2 aromatic carbocycles. The second-order valence-electron chi connectivity index (χ2n) is 5.75. The lowest BCUT2D eigenvalue weighted by Gasteiger charge is -2.09. The molecule has 0 spiro atoms. The first-order valence-electron chi connectivity index (χ1n) is 8.26. The van der Waals surface area contributed by atoms with Crippen molar-refractivity contribution in [3.63, 3.8) is 0 Å². The molecule has 0 bridgehead atoms. The predicted molar refractivity (Wildman–Crippen MR) is 106 cm³/mol. The van der Waals surface area contributed by atoms with Crippen molar-refractivity contribution in [2.75, 3.05) is 5.32 Å². The van der Waals surface area contributed by atoms with E-state index in [1.54, 1.807) is 12.1 Å². The maximum atomic E-state index is 12.4. The van der Waals surface area contributed by atoms with Crippen molar-refractivity contribution >= 4 is 35.2 Å². The van der Waals surface area contributed by atoms with Crippen molar-refractivity contribution in [2.24, 2.45) is 0 Å². The molecule has 3 rings (SSSR count). The van der Waals surface area contributed by atoms with Crippen LogP contribution in [-0.2, 0) is 12.3 Å². The van der Waals surface area contributed by atoms with Gasteiger partial charge in [-0.3, -0.25) is 14.7 Å². The SMILES string of the molecule is CCn1c(NC(=O)c2ccc(C)cc2)nnc1SCc1ccccc1Cl. The van der Waals surface area contributed by atoms with E-state index in [-0.39, 0.29) is 5.91 Å². The lowest BCUT2D eigenvalue weighted by molar-refractivity contribution is 0.102. The molecule has 0 aliphatic carbocycles. The molecule has 0 aliphatic heterocycles. The Morgan fingerprint density at radius 3 is 2.58 bits per heavy atom. The first kappa shape index (κ1) is 18.5. The van der Waals surface area contributed by atoms with Gasteiger partial charge < -0.3 is 0 Å². The minimum atomic E-state index is -0.199. The molecule has 0 saturated heterocycles. The molecular formula is C19H19ClN4OS. The summed E-state index contributed by atoms with van der Waals surface area (Å²) in [5.74, 6) is 0.929. The minimum absolute atomic E-state index is 0.199. The smallest absolute Gasteiger partial charge is 0.258 e. The van der Waals surface area contributed by atoms with Gasteiger partial charge >= 0.3 is 0 Å². The molecule has 26 heavy (non-hydrogen) atoms. The Kier molecular flexibility index (Phi) is 5.96. The molecule has 1 aromatic heterocycles. The number of aryl methyl sites for hydroxylation is 1. The van der Waals surface area contributed by atoms with Crippen LogP contribution in [0.25, 0.3) is 0 Å². The van der Waals surface area contributed by atoms with Crippen LogP contribution < -0.4 is 5.32 Å². The van der Waals surface area contributed by atoms with Crippen LogP contribution >= 0.6 is 23.4 Å². The first-order valence-corrected chi connectivity index (χ1v) is 9.62. The average Bonchev–Trinajstić information content (AvgIpc) is 3.03. The van der Waals surface area contributed by atoms with Gasteiger partial charge in [-0.05, 0) is 37.6 Å². The number of nitrogens with one attached hydrogen (secondary N) is 1. The molecule has 0 atom stereocenters. The molecule has 7 heteroatoms. The zero-order valence-corrected chi connectivity index (χ0v) is 16.1. The van der Waals surface area contributed by atoms with Crippen LogP contribution in [0.2, 0.25) is 5.02 Å². The van der Waals surface area contributed by atoms with E-state index in [4.69, 9.17) is 11.6 Å². The van der Waals surface area contributed by atoms with Crippen molar-refractivity contribution in [2.45, 2.75) is 31.3 Å². The summed E-state index contributed by atoms with van der Waals surface area (Å²) in [5, 5.41) is 12.7. The van der Waals surface area contributed by atoms with Crippen LogP contribution in [-0.4, -0.2) is 20.7 Å². The zero-order valence-electron chi connectivity index (χ0n) is 14.6. The number of aromatic nitrogens is 3. The summed E-state index contributed by atoms with van der Waals surface area (Å²) in [6.07, 6.45) is 0. The van der Waals surface area contributed by atoms with E-state index in [2.05, 4.69) is 15.5 Å². The second-order valence-corrected chi connectivity index (χ2v) is 7.10. The number of thioether (sulfide) groups is 1. The summed E-state index contributed by atoms with van der Waals surface area (Å²) >= 11 is 7.74. The number of hydrogen-bond acceptors (Lipinski definition) is 4. The van der Waals surface area contributed by atoms with E-state index in [0.717, 1.165) is 21.3 Å². The summed E-state index contributed by atoms with van der Waals surface area (Å²) in [5.41, 5.74) is 2.73. The van der Waals surface area contributed by atoms with E-state index < -0.39 is 0 Å². The predicted octanol–water partition coefficient (Wildman–Crippen LogP) is 4.80. The third-order valence-electron chi connectivity index (χ3n) is 3.89. The number of nitrogens with zero attached hydrogens (tertiary/aromatic N) is 3. The molecule has 0 aliphatic rings. The van der Waals surface area contributed by atoms with Gasteiger partial charge in [-0.25, -0.2) is 0 Å². The number of carbonyl (C=O) groups excluding carboxylic acids is 1. The van der Waals surface area contributed by atoms with Gasteiger partial charge in [0.25, 0.3) is 5.91 Å². The largest absolute Gasteiger partial charge is 0.290 e. The van der Waals surface area contributed by atoms with Crippen LogP contribution in [0.3, 0.4) is 0 Å². The highest BCUT2D eigenvalue weighted by atomic mass is 35.5. The van der Waals surface area contributed by atoms with E-state index in [1.165, 1.54) is 11.8 Å². The zero-order chi connectivity index (χ0) is 18.5. The van der Waals surface area contributed by atoms with Crippen LogP contribution in [0.15, 0.2) is 53.7 Å². The Balaban J connectivity index is 1.72. The minimum Gasteiger partial charge on any atom is -0.290 e. The molecule has 1 heterocycles. The molecule has 134 valence electrons. The Morgan fingerprint density at radius 1 is 1.15 bits per heavy atom. The van der Waals surface area contributed by atoms with Crippen LogP contribution in [0.5, 0.6) is 0 Å². The summed E-state index contributed by atoms with van der Waals surface area (Å²) < 4.78 is 1.88. The Labute approximate surface area is 161 Å². The van der Waals surface area contributed by atoms with E-state index in [9.17, 15) is 4.79 Å². The monoisotopic (exact) mass is 386 g/mol. The second kappa shape index (κ2) is 8.38. The highest BCUT2D eigenvalue weighted by Crippen LogP contribution is 2.27. The molecule has 0 saturated carbocycles. The van der Waals surface area contributed by atoms with E-state index in [0.29, 0.717) is 23.8 Å². The molecule has 1 amide bonds. The number of carbonyl (C=O) groups is 1. The van der Waals surface area contributed by atoms with Gasteiger partial charge in [-0.15, -0.1) is 10.2 Å². The van der Waals surface area contributed by atoms with Crippen LogP contribution in [0.4, 0.5) is 5.95 Å². The van der Waals surface area contributed by atoms with E-state index in [1.807, 2.05) is 54.8 Å². The highest BCUT2D eigenvalue weighted by Gasteiger charge is 2.15. The topological polar surface area (TPSA) is 59.8 Å². The Hall–Kier alpha value is -2.31. The molecule has 5 nitrogen and oxygen atoms in total. The maximum absolute atomic E-state index is 12.4. The molecule has 0 radical (unpaired) electrons. The third kappa shape index (κ3) is 4.26. The fourth-order valence-electron chi connectivity index (χ4n) is 2.41. The number of rotatable bonds is 6. The van der Waals surface area contributed by atoms with Gasteiger partial charge in [-0.2, -0.15) is 0 Å². The van der Waals surface area contributed by atoms with Gasteiger partial charge in [0.15, 0.2) is 5.16 Å². The van der Waals surface area contributed by atoms with Crippen molar-refractivity contribution in [3.05, 3.63) is 70.2 Å². The highest BCUT2D eigenvalue weighted by molar-refractivity contribution is 7.98. The van der Waals surface area contributed by atoms with Gasteiger partial charge in [0.05, 0.1) is 0 Å². The fraction of sp³-hybridized carbons (Fsp3) is 0.211. The van der Waals surface area contributed by atoms with Gasteiger partial charge in [0.2, 0.25) is 5.95 Å². The van der Waals surface area contributed by atoms with Crippen molar-refractivity contribution in [1.82, 2.24) is 14.8 Å². The van der Waals surface area contributed by atoms with Crippen molar-refractivity contribution in [3.8, 4) is 0 Å². The summed E-state index contributed by atoms with van der Waals surface area (Å²) in [6, 6.07) is 15.1. The van der Waals surface area contributed by atoms with Crippen LogP contribution in [0, 0.1) is 6.92 Å². The summed E-state index contributed by atoms with van der Waals surface area (Å²) in [4.78, 5) is 12.4. The third-order valence-corrected chi connectivity index (χ3v) is 5.27. The molecule has 1 N–H and O–H groups in total. The summed E-state index contributed by atoms with van der Waals surface area (Å²) in [6.45, 7) is 4.63.